The van der Waals surface area contributed by atoms with Gasteiger partial charge in [0, 0.05) is 0 Å². The van der Waals surface area contributed by atoms with Crippen molar-refractivity contribution in [3.8, 4) is 0 Å². The Morgan fingerprint density at radius 3 is 2.83 bits per heavy atom. The van der Waals surface area contributed by atoms with Gasteiger partial charge in [0.05, 0.1) is 33.0 Å². The zero-order chi connectivity index (χ0) is 16.9. The molecule has 0 aliphatic rings. The Labute approximate surface area is 152 Å². The summed E-state index contributed by atoms with van der Waals surface area (Å²) in [5, 5.41) is 8.47. The number of hydrazone groups is 1. The summed E-state index contributed by atoms with van der Waals surface area (Å²) in [6, 6.07) is 12.9. The Morgan fingerprint density at radius 2 is 2.04 bits per heavy atom. The largest absolute Gasteiger partial charge is 0.352 e. The number of anilines is 1. The van der Waals surface area contributed by atoms with E-state index < -0.39 is 0 Å². The predicted octanol–water partition coefficient (Wildman–Crippen LogP) is 4.17. The summed E-state index contributed by atoms with van der Waals surface area (Å²) in [5.41, 5.74) is 4.08. The van der Waals surface area contributed by atoms with Crippen LogP contribution in [-0.2, 0) is 4.79 Å². The third-order valence-electron chi connectivity index (χ3n) is 3.04. The molecule has 0 unspecified atom stereocenters. The molecule has 8 heteroatoms. The molecule has 0 fully saturated rings. The number of para-hydroxylation sites is 1. The van der Waals surface area contributed by atoms with Gasteiger partial charge in [-0.2, -0.15) is 5.10 Å². The Morgan fingerprint density at radius 1 is 1.21 bits per heavy atom. The van der Waals surface area contributed by atoms with Crippen LogP contribution >= 0.6 is 34.5 Å². The monoisotopic (exact) mass is 378 g/mol. The molecule has 2 N–H and O–H groups in total. The second-order valence-corrected chi connectivity index (χ2v) is 6.65. The first-order valence-electron chi connectivity index (χ1n) is 6.98. The molecule has 2 aromatic carbocycles. The fourth-order valence-electron chi connectivity index (χ4n) is 1.91. The number of nitrogens with zero attached hydrogens (tertiary/aromatic N) is 2. The molecular formula is C16H12Cl2N4OS. The Bertz CT molecular complexity index is 877. The van der Waals surface area contributed by atoms with Crippen molar-refractivity contribution in [1.82, 2.24) is 10.4 Å². The lowest BCUT2D eigenvalue weighted by molar-refractivity contribution is -0.119. The predicted molar refractivity (Wildman–Crippen MR) is 100 cm³/mol. The van der Waals surface area contributed by atoms with Crippen LogP contribution in [0, 0.1) is 0 Å². The zero-order valence-electron chi connectivity index (χ0n) is 12.3. The molecule has 24 heavy (non-hydrogen) atoms. The van der Waals surface area contributed by atoms with Crippen LogP contribution in [0.3, 0.4) is 0 Å². The van der Waals surface area contributed by atoms with Crippen LogP contribution in [0.25, 0.3) is 10.2 Å². The molecule has 0 aliphatic carbocycles. The lowest BCUT2D eigenvalue weighted by Crippen LogP contribution is -2.25. The minimum Gasteiger partial charge on any atom is -0.352 e. The van der Waals surface area contributed by atoms with Crippen molar-refractivity contribution in [3.63, 3.8) is 0 Å². The SMILES string of the molecule is O=C(CNc1nc2ccccc2s1)N/N=C\c1ccc(Cl)c(Cl)c1. The highest BCUT2D eigenvalue weighted by molar-refractivity contribution is 7.22. The summed E-state index contributed by atoms with van der Waals surface area (Å²) >= 11 is 13.2. The molecule has 0 radical (unpaired) electrons. The topological polar surface area (TPSA) is 66.4 Å². The minimum atomic E-state index is -0.273. The number of rotatable bonds is 5. The van der Waals surface area contributed by atoms with Gasteiger partial charge < -0.3 is 5.32 Å². The molecule has 0 saturated carbocycles. The van der Waals surface area contributed by atoms with Gasteiger partial charge in [-0.15, -0.1) is 0 Å². The smallest absolute Gasteiger partial charge is 0.259 e. The Kier molecular flexibility index (Phi) is 5.30. The van der Waals surface area contributed by atoms with E-state index in [0.29, 0.717) is 15.2 Å². The van der Waals surface area contributed by atoms with Crippen LogP contribution in [0.2, 0.25) is 10.0 Å². The van der Waals surface area contributed by atoms with Crippen molar-refractivity contribution in [2.24, 2.45) is 5.10 Å². The van der Waals surface area contributed by atoms with Crippen molar-refractivity contribution in [2.45, 2.75) is 0 Å². The maximum absolute atomic E-state index is 11.8. The highest BCUT2D eigenvalue weighted by Crippen LogP contribution is 2.25. The van der Waals surface area contributed by atoms with Gasteiger partial charge in [0.1, 0.15) is 0 Å². The number of amides is 1. The molecule has 0 aliphatic heterocycles. The summed E-state index contributed by atoms with van der Waals surface area (Å²) in [7, 11) is 0. The lowest BCUT2D eigenvalue weighted by atomic mass is 10.2. The first-order valence-corrected chi connectivity index (χ1v) is 8.55. The van der Waals surface area contributed by atoms with Crippen LogP contribution in [0.15, 0.2) is 47.6 Å². The summed E-state index contributed by atoms with van der Waals surface area (Å²) in [4.78, 5) is 16.2. The molecule has 0 atom stereocenters. The van der Waals surface area contributed by atoms with Gasteiger partial charge >= 0.3 is 0 Å². The maximum Gasteiger partial charge on any atom is 0.259 e. The van der Waals surface area contributed by atoms with Gasteiger partial charge in [-0.1, -0.05) is 52.7 Å². The van der Waals surface area contributed by atoms with Crippen LogP contribution in [0.5, 0.6) is 0 Å². The maximum atomic E-state index is 11.8. The third-order valence-corrected chi connectivity index (χ3v) is 4.77. The third kappa shape index (κ3) is 4.23. The lowest BCUT2D eigenvalue weighted by Gasteiger charge is -2.01. The summed E-state index contributed by atoms with van der Waals surface area (Å²) in [6.07, 6.45) is 1.50. The summed E-state index contributed by atoms with van der Waals surface area (Å²) in [6.45, 7) is 0.0819. The molecule has 5 nitrogen and oxygen atoms in total. The van der Waals surface area contributed by atoms with Crippen molar-refractivity contribution >= 4 is 62.0 Å². The molecule has 122 valence electrons. The van der Waals surface area contributed by atoms with Crippen molar-refractivity contribution < 1.29 is 4.79 Å². The van der Waals surface area contributed by atoms with E-state index >= 15 is 0 Å². The van der Waals surface area contributed by atoms with Gasteiger partial charge in [-0.3, -0.25) is 4.79 Å². The second kappa shape index (κ2) is 7.61. The van der Waals surface area contributed by atoms with Crippen molar-refractivity contribution in [3.05, 3.63) is 58.1 Å². The first kappa shape index (κ1) is 16.7. The van der Waals surface area contributed by atoms with Crippen LogP contribution in [0.1, 0.15) is 5.56 Å². The number of hydrogen-bond donors (Lipinski definition) is 2. The number of thiazole rings is 1. The van der Waals surface area contributed by atoms with Gasteiger partial charge in [0.15, 0.2) is 5.13 Å². The van der Waals surface area contributed by atoms with Crippen molar-refractivity contribution in [1.29, 1.82) is 0 Å². The van der Waals surface area contributed by atoms with E-state index in [2.05, 4.69) is 20.8 Å². The van der Waals surface area contributed by atoms with E-state index in [-0.39, 0.29) is 12.5 Å². The van der Waals surface area contributed by atoms with Crippen LogP contribution < -0.4 is 10.7 Å². The van der Waals surface area contributed by atoms with E-state index in [1.165, 1.54) is 17.6 Å². The summed E-state index contributed by atoms with van der Waals surface area (Å²) < 4.78 is 1.07. The van der Waals surface area contributed by atoms with Gasteiger partial charge in [0.25, 0.3) is 5.91 Å². The second-order valence-electron chi connectivity index (χ2n) is 4.81. The van der Waals surface area contributed by atoms with Crippen molar-refractivity contribution in [2.75, 3.05) is 11.9 Å². The Hall–Kier alpha value is -2.15. The van der Waals surface area contributed by atoms with E-state index in [1.54, 1.807) is 18.2 Å². The van der Waals surface area contributed by atoms with E-state index in [0.717, 1.165) is 15.8 Å². The van der Waals surface area contributed by atoms with Crippen LogP contribution in [-0.4, -0.2) is 23.7 Å². The molecule has 0 saturated heterocycles. The number of benzene rings is 2. The quantitative estimate of drug-likeness (QED) is 0.517. The first-order chi connectivity index (χ1) is 11.6. The number of aromatic nitrogens is 1. The standard InChI is InChI=1S/C16H12Cl2N4OS/c17-11-6-5-10(7-12(11)18)8-20-22-15(23)9-19-16-21-13-3-1-2-4-14(13)24-16/h1-8H,9H2,(H,19,21)(H,22,23)/b20-8-. The van der Waals surface area contributed by atoms with Gasteiger partial charge in [-0.05, 0) is 29.8 Å². The average molecular weight is 379 g/mol. The highest BCUT2D eigenvalue weighted by atomic mass is 35.5. The fraction of sp³-hybridized carbons (Fsp3) is 0.0625. The number of carbonyl (C=O) groups is 1. The van der Waals surface area contributed by atoms with E-state index in [4.69, 9.17) is 23.2 Å². The van der Waals surface area contributed by atoms with E-state index in [1.807, 2.05) is 24.3 Å². The van der Waals surface area contributed by atoms with Gasteiger partial charge in [-0.25, -0.2) is 10.4 Å². The molecule has 1 heterocycles. The highest BCUT2D eigenvalue weighted by Gasteiger charge is 2.05. The normalized spacial score (nSPS) is 11.1. The minimum absolute atomic E-state index is 0.0819. The number of carbonyl (C=O) groups excluding carboxylic acids is 1. The number of nitrogens with one attached hydrogen (secondary N) is 2. The summed E-state index contributed by atoms with van der Waals surface area (Å²) in [5.74, 6) is -0.273. The number of hydrogen-bond acceptors (Lipinski definition) is 5. The molecule has 1 amide bonds. The fourth-order valence-corrected chi connectivity index (χ4v) is 3.08. The molecule has 3 aromatic rings. The Balaban J connectivity index is 1.51. The number of fused-ring (bicyclic) bond motifs is 1. The molecular weight excluding hydrogens is 367 g/mol. The van der Waals surface area contributed by atoms with Gasteiger partial charge in [0.2, 0.25) is 0 Å². The average Bonchev–Trinajstić information content (AvgIpc) is 2.99. The molecule has 1 aromatic heterocycles. The molecule has 0 bridgehead atoms. The number of halogens is 2. The van der Waals surface area contributed by atoms with Crippen LogP contribution in [0.4, 0.5) is 5.13 Å². The molecule has 0 spiro atoms. The zero-order valence-corrected chi connectivity index (χ0v) is 14.6. The van der Waals surface area contributed by atoms with E-state index in [9.17, 15) is 4.79 Å². The molecule has 3 rings (SSSR count).